The summed E-state index contributed by atoms with van der Waals surface area (Å²) in [6, 6.07) is 11.4. The van der Waals surface area contributed by atoms with E-state index in [4.69, 9.17) is 11.6 Å². The molecule has 0 atom stereocenters. The van der Waals surface area contributed by atoms with Crippen LogP contribution in [0.4, 0.5) is 0 Å². The second-order valence-corrected chi connectivity index (χ2v) is 3.31. The average molecular weight is 268 g/mol. The van der Waals surface area contributed by atoms with Crippen molar-refractivity contribution in [1.82, 2.24) is 9.97 Å². The molecule has 0 unspecified atom stereocenters. The van der Waals surface area contributed by atoms with E-state index in [2.05, 4.69) is 9.97 Å². The summed E-state index contributed by atoms with van der Waals surface area (Å²) in [6.45, 7) is 0. The summed E-state index contributed by atoms with van der Waals surface area (Å²) in [5.74, 6) is 0. The Morgan fingerprint density at radius 3 is 1.67 bits per heavy atom. The maximum atomic E-state index is 6.21. The molecule has 0 aromatic carbocycles. The van der Waals surface area contributed by atoms with Gasteiger partial charge >= 0.3 is 0 Å². The van der Waals surface area contributed by atoms with Crippen LogP contribution in [0, 0.1) is 0 Å². The van der Waals surface area contributed by atoms with E-state index in [1.165, 1.54) is 0 Å². The molecule has 81 valence electrons. The van der Waals surface area contributed by atoms with Gasteiger partial charge in [0.05, 0.1) is 11.4 Å². The fourth-order valence-corrected chi connectivity index (χ4v) is 1.46. The third-order valence-corrected chi connectivity index (χ3v) is 2.34. The number of hydrogen-bond donors (Lipinski definition) is 0. The van der Waals surface area contributed by atoms with Crippen LogP contribution in [0.1, 0.15) is 16.8 Å². The van der Waals surface area contributed by atoms with E-state index >= 15 is 0 Å². The summed E-state index contributed by atoms with van der Waals surface area (Å²) in [7, 11) is 0. The fraction of sp³-hybridized carbons (Fsp3) is 0.0909. The second-order valence-electron chi connectivity index (χ2n) is 2.87. The van der Waals surface area contributed by atoms with Crippen molar-refractivity contribution in [1.29, 1.82) is 0 Å². The maximum absolute atomic E-state index is 6.21. The van der Waals surface area contributed by atoms with Gasteiger partial charge < -0.3 is 0 Å². The average Bonchev–Trinajstić information content (AvgIpc) is 2.30. The van der Waals surface area contributed by atoms with E-state index in [1.807, 2.05) is 36.4 Å². The van der Waals surface area contributed by atoms with E-state index in [0.29, 0.717) is 0 Å². The summed E-state index contributed by atoms with van der Waals surface area (Å²) in [4.78, 5) is 8.37. The maximum Gasteiger partial charge on any atom is 0.118 e. The van der Waals surface area contributed by atoms with Crippen molar-refractivity contribution < 1.29 is 17.1 Å². The first kappa shape index (κ1) is 12.2. The van der Waals surface area contributed by atoms with Crippen LogP contribution in [0.2, 0.25) is 0 Å². The Balaban J connectivity index is 0.00000112. The van der Waals surface area contributed by atoms with E-state index in [1.54, 1.807) is 12.4 Å². The van der Waals surface area contributed by atoms with Crippen LogP contribution in [0.5, 0.6) is 0 Å². The molecule has 0 N–H and O–H groups in total. The van der Waals surface area contributed by atoms with Gasteiger partial charge in [-0.2, -0.15) is 0 Å². The zero-order chi connectivity index (χ0) is 9.80. The van der Waals surface area contributed by atoms with Crippen molar-refractivity contribution in [3.05, 3.63) is 60.2 Å². The van der Waals surface area contributed by atoms with Gasteiger partial charge in [0, 0.05) is 29.5 Å². The van der Waals surface area contributed by atoms with Crippen LogP contribution >= 0.6 is 11.6 Å². The van der Waals surface area contributed by atoms with E-state index in [-0.39, 0.29) is 22.4 Å². The predicted octanol–water partition coefficient (Wildman–Crippen LogP) is 2.80. The molecule has 4 heteroatoms. The zero-order valence-electron chi connectivity index (χ0n) is 7.77. The molecule has 0 amide bonds. The van der Waals surface area contributed by atoms with Crippen LogP contribution in [0.15, 0.2) is 48.8 Å². The Morgan fingerprint density at radius 1 is 0.867 bits per heavy atom. The van der Waals surface area contributed by atoms with Crippen LogP contribution in [0.25, 0.3) is 0 Å². The summed E-state index contributed by atoms with van der Waals surface area (Å²) in [6.07, 6.45) is 3.46. The van der Waals surface area contributed by atoms with Crippen molar-refractivity contribution in [2.75, 3.05) is 0 Å². The molecule has 0 aliphatic heterocycles. The third-order valence-electron chi connectivity index (χ3n) is 1.89. The van der Waals surface area contributed by atoms with Crippen molar-refractivity contribution in [2.45, 2.75) is 5.38 Å². The summed E-state index contributed by atoms with van der Waals surface area (Å²) >= 11 is 6.21. The van der Waals surface area contributed by atoms with Crippen LogP contribution < -0.4 is 0 Å². The number of aromatic nitrogens is 2. The van der Waals surface area contributed by atoms with Gasteiger partial charge in [-0.1, -0.05) is 12.1 Å². The topological polar surface area (TPSA) is 25.8 Å². The third kappa shape index (κ3) is 3.03. The normalized spacial score (nSPS) is 9.73. The Hall–Kier alpha value is -0.891. The molecule has 0 saturated heterocycles. The molecule has 1 radical (unpaired) electrons. The number of nitrogens with zero attached hydrogens (tertiary/aromatic N) is 2. The standard InChI is InChI=1S/C11H9ClN2.Cu/c12-11(9-5-1-3-7-13-9)10-6-2-4-8-14-10;/h1-8,11H;. The summed E-state index contributed by atoms with van der Waals surface area (Å²) in [5.41, 5.74) is 1.65. The van der Waals surface area contributed by atoms with Crippen molar-refractivity contribution in [2.24, 2.45) is 0 Å². The van der Waals surface area contributed by atoms with Crippen LogP contribution in [0.3, 0.4) is 0 Å². The van der Waals surface area contributed by atoms with Crippen molar-refractivity contribution >= 4 is 11.6 Å². The molecular formula is C11H9ClCuN2. The van der Waals surface area contributed by atoms with Gasteiger partial charge in [-0.05, 0) is 24.3 Å². The van der Waals surface area contributed by atoms with E-state index in [0.717, 1.165) is 11.4 Å². The molecule has 2 nitrogen and oxygen atoms in total. The first-order valence-electron chi connectivity index (χ1n) is 4.34. The number of rotatable bonds is 2. The largest absolute Gasteiger partial charge is 0.259 e. The number of hydrogen-bond acceptors (Lipinski definition) is 2. The monoisotopic (exact) mass is 267 g/mol. The first-order chi connectivity index (χ1) is 6.88. The number of halogens is 1. The van der Waals surface area contributed by atoms with Gasteiger partial charge in [0.15, 0.2) is 0 Å². The molecule has 0 aliphatic rings. The molecule has 2 rings (SSSR count). The molecule has 0 saturated carbocycles. The molecule has 2 aromatic heterocycles. The minimum atomic E-state index is -0.266. The SMILES string of the molecule is ClC(c1ccccn1)c1ccccn1.[Cu]. The fourth-order valence-electron chi connectivity index (χ4n) is 1.20. The Labute approximate surface area is 104 Å². The van der Waals surface area contributed by atoms with Gasteiger partial charge in [-0.25, -0.2) is 0 Å². The zero-order valence-corrected chi connectivity index (χ0v) is 9.47. The smallest absolute Gasteiger partial charge is 0.118 e. The van der Waals surface area contributed by atoms with E-state index < -0.39 is 0 Å². The van der Waals surface area contributed by atoms with Gasteiger partial charge in [-0.3, -0.25) is 9.97 Å². The van der Waals surface area contributed by atoms with Crippen molar-refractivity contribution in [3.8, 4) is 0 Å². The second kappa shape index (κ2) is 5.86. The minimum absolute atomic E-state index is 0. The minimum Gasteiger partial charge on any atom is -0.259 e. The molecule has 15 heavy (non-hydrogen) atoms. The number of alkyl halides is 1. The van der Waals surface area contributed by atoms with Crippen LogP contribution in [-0.4, -0.2) is 9.97 Å². The van der Waals surface area contributed by atoms with Gasteiger partial charge in [0.1, 0.15) is 5.38 Å². The quantitative estimate of drug-likeness (QED) is 0.618. The molecule has 2 heterocycles. The first-order valence-corrected chi connectivity index (χ1v) is 4.77. The van der Waals surface area contributed by atoms with Crippen molar-refractivity contribution in [3.63, 3.8) is 0 Å². The summed E-state index contributed by atoms with van der Waals surface area (Å²) in [5, 5.41) is -0.266. The Bertz CT molecular complexity index is 354. The molecule has 0 bridgehead atoms. The van der Waals surface area contributed by atoms with E-state index in [9.17, 15) is 0 Å². The molecule has 2 aromatic rings. The Kier molecular flexibility index (Phi) is 4.76. The van der Waals surface area contributed by atoms with Gasteiger partial charge in [0.2, 0.25) is 0 Å². The van der Waals surface area contributed by atoms with Gasteiger partial charge in [-0.15, -0.1) is 11.6 Å². The van der Waals surface area contributed by atoms with Gasteiger partial charge in [0.25, 0.3) is 0 Å². The summed E-state index contributed by atoms with van der Waals surface area (Å²) < 4.78 is 0. The molecular weight excluding hydrogens is 259 g/mol. The number of pyridine rings is 2. The molecule has 0 spiro atoms. The van der Waals surface area contributed by atoms with Crippen LogP contribution in [-0.2, 0) is 17.1 Å². The Morgan fingerprint density at radius 2 is 1.33 bits per heavy atom. The molecule has 0 aliphatic carbocycles. The molecule has 0 fully saturated rings. The predicted molar refractivity (Wildman–Crippen MR) is 56.2 cm³/mol.